The quantitative estimate of drug-likeness (QED) is 0.778. The number of aromatic nitrogens is 3. The van der Waals surface area contributed by atoms with Crippen LogP contribution in [-0.2, 0) is 6.42 Å². The van der Waals surface area contributed by atoms with Gasteiger partial charge in [0.15, 0.2) is 17.3 Å². The summed E-state index contributed by atoms with van der Waals surface area (Å²) >= 11 is 5.87. The van der Waals surface area contributed by atoms with Crippen molar-refractivity contribution >= 4 is 11.6 Å². The van der Waals surface area contributed by atoms with Crippen LogP contribution in [0.3, 0.4) is 0 Å². The van der Waals surface area contributed by atoms with Gasteiger partial charge in [-0.15, -0.1) is 0 Å². The zero-order valence-corrected chi connectivity index (χ0v) is 13.0. The molecule has 7 heteroatoms. The molecule has 2 aromatic heterocycles. The third kappa shape index (κ3) is 3.18. The molecule has 3 aromatic rings. The van der Waals surface area contributed by atoms with Crippen LogP contribution in [0, 0.1) is 0 Å². The lowest BCUT2D eigenvalue weighted by atomic mass is 10.1. The Kier molecular flexibility index (Phi) is 4.22. The van der Waals surface area contributed by atoms with E-state index in [1.54, 1.807) is 18.2 Å². The minimum Gasteiger partial charge on any atom is -0.355 e. The molecule has 1 aromatic carbocycles. The molecule has 1 unspecified atom stereocenters. The highest BCUT2D eigenvalue weighted by Gasteiger charge is 2.16. The van der Waals surface area contributed by atoms with Crippen LogP contribution in [0.1, 0.15) is 12.7 Å². The van der Waals surface area contributed by atoms with Crippen molar-refractivity contribution in [1.29, 1.82) is 0 Å². The second-order valence-electron chi connectivity index (χ2n) is 4.99. The fourth-order valence-corrected chi connectivity index (χ4v) is 2.07. The van der Waals surface area contributed by atoms with Crippen molar-refractivity contribution in [2.24, 2.45) is 0 Å². The molecule has 1 atom stereocenters. The molecule has 0 amide bonds. The highest BCUT2D eigenvalue weighted by molar-refractivity contribution is 6.30. The predicted molar refractivity (Wildman–Crippen MR) is 82.5 cm³/mol. The lowest BCUT2D eigenvalue weighted by molar-refractivity contribution is 0.404. The van der Waals surface area contributed by atoms with Gasteiger partial charge in [-0.3, -0.25) is 0 Å². The minimum atomic E-state index is 0.271. The van der Waals surface area contributed by atoms with Gasteiger partial charge in [0, 0.05) is 29.1 Å². The monoisotopic (exact) mass is 318 g/mol. The van der Waals surface area contributed by atoms with Gasteiger partial charge in [0.1, 0.15) is 0 Å². The number of hydrogen-bond acceptors (Lipinski definition) is 6. The number of hydrogen-bond donors (Lipinski definition) is 1. The zero-order valence-electron chi connectivity index (χ0n) is 12.2. The third-order valence-electron chi connectivity index (χ3n) is 3.31. The molecule has 0 radical (unpaired) electrons. The number of likely N-dealkylation sites (N-methyl/N-ethyl adjacent to an activating group) is 1. The fourth-order valence-electron chi connectivity index (χ4n) is 1.94. The van der Waals surface area contributed by atoms with Gasteiger partial charge in [-0.2, -0.15) is 4.98 Å². The van der Waals surface area contributed by atoms with Gasteiger partial charge >= 0.3 is 0 Å². The van der Waals surface area contributed by atoms with E-state index in [0.29, 0.717) is 34.6 Å². The number of nitrogens with one attached hydrogen (secondary N) is 1. The van der Waals surface area contributed by atoms with Gasteiger partial charge < -0.3 is 14.4 Å². The summed E-state index contributed by atoms with van der Waals surface area (Å²) in [5.74, 6) is 1.60. The average Bonchev–Trinajstić information content (AvgIpc) is 3.17. The molecule has 0 aliphatic carbocycles. The lowest BCUT2D eigenvalue weighted by Crippen LogP contribution is -2.24. The molecule has 0 bridgehead atoms. The van der Waals surface area contributed by atoms with E-state index < -0.39 is 0 Å². The maximum absolute atomic E-state index is 5.87. The Morgan fingerprint density at radius 2 is 1.95 bits per heavy atom. The van der Waals surface area contributed by atoms with Crippen molar-refractivity contribution in [1.82, 2.24) is 20.6 Å². The Morgan fingerprint density at radius 3 is 2.68 bits per heavy atom. The molecule has 1 N–H and O–H groups in total. The first-order chi connectivity index (χ1) is 10.7. The molecule has 0 saturated heterocycles. The lowest BCUT2D eigenvalue weighted by Gasteiger charge is -2.04. The van der Waals surface area contributed by atoms with Crippen LogP contribution in [0.15, 0.2) is 39.4 Å². The molecule has 0 spiro atoms. The first kappa shape index (κ1) is 14.7. The summed E-state index contributed by atoms with van der Waals surface area (Å²) in [6.45, 7) is 2.05. The van der Waals surface area contributed by atoms with Crippen LogP contribution in [0.25, 0.3) is 22.9 Å². The van der Waals surface area contributed by atoms with E-state index in [0.717, 1.165) is 5.56 Å². The smallest absolute Gasteiger partial charge is 0.280 e. The maximum atomic E-state index is 5.87. The van der Waals surface area contributed by atoms with Crippen molar-refractivity contribution < 1.29 is 9.05 Å². The van der Waals surface area contributed by atoms with Gasteiger partial charge in [-0.25, -0.2) is 0 Å². The molecule has 3 rings (SSSR count). The van der Waals surface area contributed by atoms with E-state index in [1.165, 1.54) is 0 Å². The van der Waals surface area contributed by atoms with Crippen LogP contribution in [-0.4, -0.2) is 28.4 Å². The van der Waals surface area contributed by atoms with Crippen molar-refractivity contribution in [3.8, 4) is 22.9 Å². The maximum Gasteiger partial charge on any atom is 0.280 e. The Bertz CT molecular complexity index is 751. The molecule has 0 saturated carbocycles. The number of nitrogens with zero attached hydrogens (tertiary/aromatic N) is 3. The zero-order chi connectivity index (χ0) is 15.5. The van der Waals surface area contributed by atoms with E-state index in [9.17, 15) is 0 Å². The summed E-state index contributed by atoms with van der Waals surface area (Å²) in [6, 6.07) is 9.35. The van der Waals surface area contributed by atoms with E-state index in [1.807, 2.05) is 26.1 Å². The molecule has 0 aliphatic rings. The van der Waals surface area contributed by atoms with Crippen molar-refractivity contribution in [3.63, 3.8) is 0 Å². The third-order valence-corrected chi connectivity index (χ3v) is 3.56. The SMILES string of the molecule is CNC(C)Cc1noc(-c2cc(-c3ccc(Cl)cc3)on2)n1. The van der Waals surface area contributed by atoms with Crippen LogP contribution >= 0.6 is 11.6 Å². The topological polar surface area (TPSA) is 77.0 Å². The number of halogens is 1. The molecule has 2 heterocycles. The van der Waals surface area contributed by atoms with Crippen LogP contribution < -0.4 is 5.32 Å². The second kappa shape index (κ2) is 6.29. The van der Waals surface area contributed by atoms with Crippen molar-refractivity contribution in [2.45, 2.75) is 19.4 Å². The highest BCUT2D eigenvalue weighted by atomic mass is 35.5. The number of benzene rings is 1. The standard InChI is InChI=1S/C15H15ClN4O2/c1-9(17-2)7-14-18-15(22-20-14)12-8-13(21-19-12)10-3-5-11(16)6-4-10/h3-6,8-9,17H,7H2,1-2H3. The summed E-state index contributed by atoms with van der Waals surface area (Å²) in [4.78, 5) is 4.33. The van der Waals surface area contributed by atoms with Crippen LogP contribution in [0.5, 0.6) is 0 Å². The Labute approximate surface area is 132 Å². The molecule has 6 nitrogen and oxygen atoms in total. The normalized spacial score (nSPS) is 12.5. The van der Waals surface area contributed by atoms with E-state index in [2.05, 4.69) is 20.6 Å². The van der Waals surface area contributed by atoms with Crippen LogP contribution in [0.4, 0.5) is 0 Å². The largest absolute Gasteiger partial charge is 0.355 e. The highest BCUT2D eigenvalue weighted by Crippen LogP contribution is 2.26. The Hall–Kier alpha value is -2.18. The summed E-state index contributed by atoms with van der Waals surface area (Å²) in [6.07, 6.45) is 0.682. The first-order valence-corrected chi connectivity index (χ1v) is 7.26. The predicted octanol–water partition coefficient (Wildman–Crippen LogP) is 3.20. The molecule has 22 heavy (non-hydrogen) atoms. The molecular weight excluding hydrogens is 304 g/mol. The van der Waals surface area contributed by atoms with E-state index in [-0.39, 0.29) is 6.04 Å². The van der Waals surface area contributed by atoms with Gasteiger partial charge in [-0.1, -0.05) is 21.9 Å². The van der Waals surface area contributed by atoms with Gasteiger partial charge in [0.05, 0.1) is 0 Å². The number of rotatable bonds is 5. The van der Waals surface area contributed by atoms with Crippen molar-refractivity contribution in [3.05, 3.63) is 41.2 Å². The average molecular weight is 319 g/mol. The first-order valence-electron chi connectivity index (χ1n) is 6.88. The van der Waals surface area contributed by atoms with Gasteiger partial charge in [0.25, 0.3) is 5.89 Å². The summed E-state index contributed by atoms with van der Waals surface area (Å²) in [5.41, 5.74) is 1.40. The van der Waals surface area contributed by atoms with Gasteiger partial charge in [-0.05, 0) is 38.2 Å². The van der Waals surface area contributed by atoms with E-state index in [4.69, 9.17) is 20.6 Å². The van der Waals surface area contributed by atoms with Crippen LogP contribution in [0.2, 0.25) is 5.02 Å². The Balaban J connectivity index is 1.80. The molecular formula is C15H15ClN4O2. The molecule has 114 valence electrons. The summed E-state index contributed by atoms with van der Waals surface area (Å²) < 4.78 is 10.6. The summed E-state index contributed by atoms with van der Waals surface area (Å²) in [5, 5.41) is 11.7. The van der Waals surface area contributed by atoms with Crippen molar-refractivity contribution in [2.75, 3.05) is 7.05 Å². The summed E-state index contributed by atoms with van der Waals surface area (Å²) in [7, 11) is 1.89. The molecule has 0 fully saturated rings. The fraction of sp³-hybridized carbons (Fsp3) is 0.267. The Morgan fingerprint density at radius 1 is 1.18 bits per heavy atom. The van der Waals surface area contributed by atoms with Gasteiger partial charge in [0.2, 0.25) is 0 Å². The minimum absolute atomic E-state index is 0.271. The second-order valence-corrected chi connectivity index (χ2v) is 5.43. The van der Waals surface area contributed by atoms with E-state index >= 15 is 0 Å². The molecule has 0 aliphatic heterocycles.